The van der Waals surface area contributed by atoms with Gasteiger partial charge in [0.2, 0.25) is 12.6 Å². The topological polar surface area (TPSA) is 114 Å². The third-order valence-corrected chi connectivity index (χ3v) is 8.29. The van der Waals surface area contributed by atoms with Crippen molar-refractivity contribution in [2.45, 2.75) is 90.6 Å². The van der Waals surface area contributed by atoms with Gasteiger partial charge in [-0.3, -0.25) is 13.1 Å². The van der Waals surface area contributed by atoms with Crippen molar-refractivity contribution in [2.75, 3.05) is 25.7 Å². The molecule has 228 valence electrons. The van der Waals surface area contributed by atoms with Crippen LogP contribution in [0, 0.1) is 0 Å². The summed E-state index contributed by atoms with van der Waals surface area (Å²) >= 11 is 0. The van der Waals surface area contributed by atoms with E-state index in [1.165, 1.54) is 0 Å². The fraction of sp³-hybridized carbons (Fsp3) is 0.600. The Morgan fingerprint density at radius 2 is 1.02 bits per heavy atom. The predicted octanol–water partition coefficient (Wildman–Crippen LogP) is 5.60. The maximum absolute atomic E-state index is 11.4. The van der Waals surface area contributed by atoms with Crippen molar-refractivity contribution in [1.29, 1.82) is 0 Å². The molecule has 2 unspecified atom stereocenters. The summed E-state index contributed by atoms with van der Waals surface area (Å²) in [5.41, 5.74) is 5.29. The molecule has 11 heteroatoms. The SMILES string of the molecule is CC(C)(C)c1cc(CCCOS(C)(=O)=O)c2c(c1)C1Oc3c(CCCOS(C)(=O)=O)cc(C(C)(C)C)cc3C(O2)O1. The number of aryl methyl sites for hydroxylation is 2. The van der Waals surface area contributed by atoms with Crippen LogP contribution in [0.2, 0.25) is 0 Å². The van der Waals surface area contributed by atoms with E-state index >= 15 is 0 Å². The van der Waals surface area contributed by atoms with Gasteiger partial charge in [0.05, 0.1) is 36.9 Å². The van der Waals surface area contributed by atoms with Crippen molar-refractivity contribution in [3.63, 3.8) is 0 Å². The quantitative estimate of drug-likeness (QED) is 0.251. The molecule has 0 radical (unpaired) electrons. The van der Waals surface area contributed by atoms with Gasteiger partial charge in [-0.25, -0.2) is 0 Å². The Hall–Kier alpha value is -2.18. The normalized spacial score (nSPS) is 18.7. The summed E-state index contributed by atoms with van der Waals surface area (Å²) in [5, 5.41) is 0. The highest BCUT2D eigenvalue weighted by molar-refractivity contribution is 7.86. The number of fused-ring (bicyclic) bond motifs is 6. The maximum atomic E-state index is 11.4. The van der Waals surface area contributed by atoms with E-state index in [-0.39, 0.29) is 24.0 Å². The second kappa shape index (κ2) is 11.5. The monoisotopic (exact) mass is 610 g/mol. The van der Waals surface area contributed by atoms with E-state index in [9.17, 15) is 16.8 Å². The average Bonchev–Trinajstić information content (AvgIpc) is 2.82. The van der Waals surface area contributed by atoms with Crippen LogP contribution < -0.4 is 9.47 Å². The number of hydrogen-bond donors (Lipinski definition) is 0. The highest BCUT2D eigenvalue weighted by Crippen LogP contribution is 2.52. The van der Waals surface area contributed by atoms with Crippen LogP contribution in [0.5, 0.6) is 11.5 Å². The zero-order chi connectivity index (χ0) is 30.4. The molecule has 0 aliphatic carbocycles. The molecule has 2 bridgehead atoms. The van der Waals surface area contributed by atoms with Crippen LogP contribution in [0.3, 0.4) is 0 Å². The van der Waals surface area contributed by atoms with E-state index in [2.05, 4.69) is 65.8 Å². The number of benzene rings is 2. The third kappa shape index (κ3) is 8.01. The van der Waals surface area contributed by atoms with E-state index < -0.39 is 32.8 Å². The molecule has 9 nitrogen and oxygen atoms in total. The summed E-state index contributed by atoms with van der Waals surface area (Å²) < 4.78 is 75.2. The molecule has 2 atom stereocenters. The van der Waals surface area contributed by atoms with Gasteiger partial charge in [-0.1, -0.05) is 53.7 Å². The van der Waals surface area contributed by atoms with Gasteiger partial charge in [0.25, 0.3) is 20.2 Å². The predicted molar refractivity (Wildman–Crippen MR) is 156 cm³/mol. The fourth-order valence-corrected chi connectivity index (χ4v) is 5.74. The largest absolute Gasteiger partial charge is 0.459 e. The lowest BCUT2D eigenvalue weighted by molar-refractivity contribution is -0.228. The molecule has 0 amide bonds. The van der Waals surface area contributed by atoms with E-state index in [1.807, 2.05) is 0 Å². The number of rotatable bonds is 10. The van der Waals surface area contributed by atoms with Crippen molar-refractivity contribution < 1.29 is 39.4 Å². The molecule has 0 N–H and O–H groups in total. The Bertz CT molecular complexity index is 1380. The first-order chi connectivity index (χ1) is 18.8. The van der Waals surface area contributed by atoms with Crippen molar-refractivity contribution >= 4 is 20.2 Å². The second-order valence-corrected chi connectivity index (χ2v) is 16.2. The summed E-state index contributed by atoms with van der Waals surface area (Å²) in [6.07, 6.45) is 2.81. The van der Waals surface area contributed by atoms with E-state index in [4.69, 9.17) is 22.6 Å². The molecule has 0 aromatic heterocycles. The van der Waals surface area contributed by atoms with E-state index in [0.717, 1.165) is 45.9 Å². The van der Waals surface area contributed by atoms with E-state index in [0.29, 0.717) is 37.2 Å². The highest BCUT2D eigenvalue weighted by Gasteiger charge is 2.41. The molecule has 2 aliphatic rings. The third-order valence-electron chi connectivity index (χ3n) is 7.10. The van der Waals surface area contributed by atoms with Crippen LogP contribution in [0.4, 0.5) is 0 Å². The first kappa shape index (κ1) is 31.7. The molecule has 2 aromatic carbocycles. The van der Waals surface area contributed by atoms with E-state index in [1.54, 1.807) is 0 Å². The Kier molecular flexibility index (Phi) is 8.89. The summed E-state index contributed by atoms with van der Waals surface area (Å²) in [4.78, 5) is 0. The van der Waals surface area contributed by atoms with Crippen LogP contribution in [-0.4, -0.2) is 42.6 Å². The first-order valence-electron chi connectivity index (χ1n) is 13.8. The van der Waals surface area contributed by atoms with Crippen molar-refractivity contribution in [3.8, 4) is 11.5 Å². The zero-order valence-corrected chi connectivity index (χ0v) is 26.8. The minimum Gasteiger partial charge on any atom is -0.459 e. The van der Waals surface area contributed by atoms with Gasteiger partial charge in [-0.05, 0) is 70.9 Å². The Labute approximate surface area is 244 Å². The molecular formula is C30H42O9S2. The van der Waals surface area contributed by atoms with Gasteiger partial charge < -0.3 is 9.47 Å². The average molecular weight is 611 g/mol. The lowest BCUT2D eigenvalue weighted by Gasteiger charge is -2.41. The summed E-state index contributed by atoms with van der Waals surface area (Å²) in [7, 11) is -7.04. The van der Waals surface area contributed by atoms with Crippen molar-refractivity contribution in [2.24, 2.45) is 0 Å². The lowest BCUT2D eigenvalue weighted by Crippen LogP contribution is -2.32. The summed E-state index contributed by atoms with van der Waals surface area (Å²) in [6, 6.07) is 8.34. The number of ether oxygens (including phenoxy) is 3. The molecule has 2 heterocycles. The molecule has 0 spiro atoms. The molecular weight excluding hydrogens is 568 g/mol. The molecule has 0 saturated carbocycles. The molecule has 0 saturated heterocycles. The Morgan fingerprint density at radius 1 is 0.659 bits per heavy atom. The maximum Gasteiger partial charge on any atom is 0.264 e. The van der Waals surface area contributed by atoms with Crippen LogP contribution in [0.25, 0.3) is 0 Å². The minimum atomic E-state index is -3.52. The van der Waals surface area contributed by atoms with Gasteiger partial charge >= 0.3 is 0 Å². The first-order valence-corrected chi connectivity index (χ1v) is 17.5. The van der Waals surface area contributed by atoms with Crippen LogP contribution >= 0.6 is 0 Å². The van der Waals surface area contributed by atoms with Gasteiger partial charge in [0.1, 0.15) is 11.5 Å². The van der Waals surface area contributed by atoms with Crippen LogP contribution in [-0.2, 0) is 57.0 Å². The smallest absolute Gasteiger partial charge is 0.264 e. The lowest BCUT2D eigenvalue weighted by atomic mass is 9.83. The van der Waals surface area contributed by atoms with Crippen LogP contribution in [0.15, 0.2) is 24.3 Å². The molecule has 2 aromatic rings. The van der Waals surface area contributed by atoms with Gasteiger partial charge in [-0.15, -0.1) is 0 Å². The molecule has 41 heavy (non-hydrogen) atoms. The highest BCUT2D eigenvalue weighted by atomic mass is 32.2. The van der Waals surface area contributed by atoms with Crippen molar-refractivity contribution in [1.82, 2.24) is 0 Å². The van der Waals surface area contributed by atoms with Gasteiger partial charge in [-0.2, -0.15) is 16.8 Å². The second-order valence-electron chi connectivity index (χ2n) is 12.9. The standard InChI is InChI=1S/C30H42O9S2/c1-29(2,3)21-15-19(11-9-13-35-40(7,31)32)25-23(17-21)27-38-26-20(12-10-14-36-41(8,33)34)16-22(30(4,5)6)18-24(26)28(37-25)39-27/h15-18,27-28H,9-14H2,1-8H3. The molecule has 0 fully saturated rings. The Morgan fingerprint density at radius 3 is 1.34 bits per heavy atom. The van der Waals surface area contributed by atoms with Crippen molar-refractivity contribution in [3.05, 3.63) is 57.6 Å². The fourth-order valence-electron chi connectivity index (χ4n) is 4.90. The molecule has 4 rings (SSSR count). The summed E-state index contributed by atoms with van der Waals surface area (Å²) in [5.74, 6) is 1.38. The van der Waals surface area contributed by atoms with Gasteiger partial charge in [0.15, 0.2) is 0 Å². The van der Waals surface area contributed by atoms with Gasteiger partial charge in [0, 0.05) is 0 Å². The zero-order valence-electron chi connectivity index (χ0n) is 25.2. The molecule has 2 aliphatic heterocycles. The minimum absolute atomic E-state index is 0.0807. The number of hydrogen-bond acceptors (Lipinski definition) is 9. The summed E-state index contributed by atoms with van der Waals surface area (Å²) in [6.45, 7) is 12.9. The Balaban J connectivity index is 1.71. The van der Waals surface area contributed by atoms with Crippen LogP contribution in [0.1, 0.15) is 100 Å².